The van der Waals surface area contributed by atoms with Crippen molar-refractivity contribution in [1.82, 2.24) is 10.6 Å². The number of rotatable bonds is 6. The maximum absolute atomic E-state index is 12.4. The monoisotopic (exact) mass is 312 g/mol. The predicted octanol–water partition coefficient (Wildman–Crippen LogP) is 2.30. The van der Waals surface area contributed by atoms with Gasteiger partial charge in [0.25, 0.3) is 0 Å². The van der Waals surface area contributed by atoms with Crippen LogP contribution in [0.3, 0.4) is 0 Å². The van der Waals surface area contributed by atoms with Gasteiger partial charge in [-0.25, -0.2) is 0 Å². The Bertz CT molecular complexity index is 686. The van der Waals surface area contributed by atoms with E-state index in [4.69, 9.17) is 4.42 Å². The molecule has 1 fully saturated rings. The molecule has 0 radical (unpaired) electrons. The molecule has 1 aliphatic rings. The van der Waals surface area contributed by atoms with Gasteiger partial charge in [-0.05, 0) is 37.5 Å². The van der Waals surface area contributed by atoms with Gasteiger partial charge in [0.15, 0.2) is 0 Å². The van der Waals surface area contributed by atoms with E-state index in [-0.39, 0.29) is 11.8 Å². The van der Waals surface area contributed by atoms with Gasteiger partial charge in [0, 0.05) is 6.54 Å². The second-order valence-corrected chi connectivity index (χ2v) is 6.01. The summed E-state index contributed by atoms with van der Waals surface area (Å²) in [5.41, 5.74) is 1.30. The van der Waals surface area contributed by atoms with Gasteiger partial charge < -0.3 is 15.1 Å². The number of nitrogens with one attached hydrogen (secondary N) is 2. The van der Waals surface area contributed by atoms with Crippen molar-refractivity contribution in [1.29, 1.82) is 0 Å². The third-order valence-electron chi connectivity index (χ3n) is 4.20. The van der Waals surface area contributed by atoms with Gasteiger partial charge in [-0.1, -0.05) is 29.8 Å². The van der Waals surface area contributed by atoms with Crippen LogP contribution in [0, 0.1) is 12.3 Å². The van der Waals surface area contributed by atoms with Crippen LogP contribution in [-0.4, -0.2) is 11.8 Å². The number of hydrogen-bond donors (Lipinski definition) is 2. The molecule has 120 valence electrons. The van der Waals surface area contributed by atoms with Crippen molar-refractivity contribution in [2.45, 2.75) is 32.9 Å². The maximum Gasteiger partial charge on any atom is 0.236 e. The predicted molar refractivity (Wildman–Crippen MR) is 85.2 cm³/mol. The molecule has 0 atom stereocenters. The van der Waals surface area contributed by atoms with Crippen LogP contribution in [0.2, 0.25) is 0 Å². The van der Waals surface area contributed by atoms with Crippen molar-refractivity contribution >= 4 is 11.8 Å². The Kier molecular flexibility index (Phi) is 4.19. The molecule has 1 aliphatic carbocycles. The highest BCUT2D eigenvalue weighted by molar-refractivity contribution is 6.07. The number of carbonyl (C=O) groups is 2. The lowest BCUT2D eigenvalue weighted by Gasteiger charge is -2.15. The summed E-state index contributed by atoms with van der Waals surface area (Å²) >= 11 is 0. The summed E-state index contributed by atoms with van der Waals surface area (Å²) in [5.74, 6) is 0.250. The van der Waals surface area contributed by atoms with E-state index in [1.807, 2.05) is 31.2 Å². The zero-order valence-electron chi connectivity index (χ0n) is 13.1. The zero-order valence-corrected chi connectivity index (χ0v) is 13.1. The SMILES string of the molecule is Cc1ccc(CNC(=O)C2(C(=O)NCc3ccco3)CC2)cc1. The first kappa shape index (κ1) is 15.3. The van der Waals surface area contributed by atoms with E-state index in [9.17, 15) is 9.59 Å². The van der Waals surface area contributed by atoms with Crippen LogP contribution in [0.4, 0.5) is 0 Å². The summed E-state index contributed by atoms with van der Waals surface area (Å²) in [6.07, 6.45) is 2.75. The smallest absolute Gasteiger partial charge is 0.236 e. The Morgan fingerprint density at radius 2 is 1.70 bits per heavy atom. The molecular formula is C18H20N2O3. The molecule has 5 nitrogen and oxygen atoms in total. The fourth-order valence-corrected chi connectivity index (χ4v) is 2.49. The summed E-state index contributed by atoms with van der Waals surface area (Å²) in [6.45, 7) is 2.76. The molecule has 1 saturated carbocycles. The molecule has 5 heteroatoms. The van der Waals surface area contributed by atoms with E-state index >= 15 is 0 Å². The molecule has 1 heterocycles. The van der Waals surface area contributed by atoms with E-state index in [2.05, 4.69) is 10.6 Å². The molecule has 3 rings (SSSR count). The van der Waals surface area contributed by atoms with Crippen LogP contribution < -0.4 is 10.6 Å². The van der Waals surface area contributed by atoms with Crippen molar-refractivity contribution in [3.8, 4) is 0 Å². The van der Waals surface area contributed by atoms with Gasteiger partial charge in [0.2, 0.25) is 11.8 Å². The summed E-state index contributed by atoms with van der Waals surface area (Å²) < 4.78 is 5.18. The van der Waals surface area contributed by atoms with Crippen LogP contribution in [0.25, 0.3) is 0 Å². The number of hydrogen-bond acceptors (Lipinski definition) is 3. The zero-order chi connectivity index (χ0) is 16.3. The largest absolute Gasteiger partial charge is 0.467 e. The lowest BCUT2D eigenvalue weighted by molar-refractivity contribution is -0.137. The summed E-state index contributed by atoms with van der Waals surface area (Å²) in [7, 11) is 0. The third kappa shape index (κ3) is 3.44. The van der Waals surface area contributed by atoms with Gasteiger partial charge in [-0.3, -0.25) is 9.59 Å². The first-order chi connectivity index (χ1) is 11.1. The summed E-state index contributed by atoms with van der Waals surface area (Å²) in [4.78, 5) is 24.7. The molecule has 2 N–H and O–H groups in total. The van der Waals surface area contributed by atoms with Gasteiger partial charge in [-0.2, -0.15) is 0 Å². The molecule has 0 saturated heterocycles. The number of furan rings is 1. The molecule has 1 aromatic carbocycles. The summed E-state index contributed by atoms with van der Waals surface area (Å²) in [6, 6.07) is 11.5. The van der Waals surface area contributed by atoms with Gasteiger partial charge >= 0.3 is 0 Å². The lowest BCUT2D eigenvalue weighted by Crippen LogP contribution is -2.42. The first-order valence-electron chi connectivity index (χ1n) is 7.75. The molecule has 23 heavy (non-hydrogen) atoms. The fourth-order valence-electron chi connectivity index (χ4n) is 2.49. The Hall–Kier alpha value is -2.56. The van der Waals surface area contributed by atoms with Gasteiger partial charge in [0.1, 0.15) is 11.2 Å². The number of aryl methyl sites for hydroxylation is 1. The molecule has 2 amide bonds. The van der Waals surface area contributed by atoms with Crippen molar-refractivity contribution in [3.63, 3.8) is 0 Å². The molecular weight excluding hydrogens is 292 g/mol. The van der Waals surface area contributed by atoms with Crippen LogP contribution in [0.15, 0.2) is 47.1 Å². The first-order valence-corrected chi connectivity index (χ1v) is 7.75. The highest BCUT2D eigenvalue weighted by atomic mass is 16.3. The second kappa shape index (κ2) is 6.28. The standard InChI is InChI=1S/C18H20N2O3/c1-13-4-6-14(7-5-13)11-19-16(21)18(8-9-18)17(22)20-12-15-3-2-10-23-15/h2-7,10H,8-9,11-12H2,1H3,(H,19,21)(H,20,22). The fraction of sp³-hybridized carbons (Fsp3) is 0.333. The minimum absolute atomic E-state index is 0.199. The number of carbonyl (C=O) groups excluding carboxylic acids is 2. The highest BCUT2D eigenvalue weighted by Crippen LogP contribution is 2.46. The van der Waals surface area contributed by atoms with Crippen LogP contribution in [0.5, 0.6) is 0 Å². The van der Waals surface area contributed by atoms with Crippen LogP contribution >= 0.6 is 0 Å². The average molecular weight is 312 g/mol. The molecule has 0 aliphatic heterocycles. The quantitative estimate of drug-likeness (QED) is 0.804. The molecule has 0 unspecified atom stereocenters. The molecule has 2 aromatic rings. The van der Waals surface area contributed by atoms with E-state index in [1.165, 1.54) is 5.56 Å². The topological polar surface area (TPSA) is 71.3 Å². The molecule has 0 spiro atoms. The lowest BCUT2D eigenvalue weighted by atomic mass is 10.0. The minimum atomic E-state index is -0.905. The van der Waals surface area contributed by atoms with E-state index < -0.39 is 5.41 Å². The normalized spacial score (nSPS) is 15.0. The van der Waals surface area contributed by atoms with Crippen molar-refractivity contribution < 1.29 is 14.0 Å². The Morgan fingerprint density at radius 3 is 2.26 bits per heavy atom. The van der Waals surface area contributed by atoms with Crippen molar-refractivity contribution in [2.24, 2.45) is 5.41 Å². The molecule has 0 bridgehead atoms. The van der Waals surface area contributed by atoms with E-state index in [1.54, 1.807) is 18.4 Å². The van der Waals surface area contributed by atoms with Crippen molar-refractivity contribution in [2.75, 3.05) is 0 Å². The summed E-state index contributed by atoms with van der Waals surface area (Å²) in [5, 5.41) is 5.65. The number of benzene rings is 1. The molecule has 1 aromatic heterocycles. The Balaban J connectivity index is 1.53. The third-order valence-corrected chi connectivity index (χ3v) is 4.20. The Morgan fingerprint density at radius 1 is 1.04 bits per heavy atom. The van der Waals surface area contributed by atoms with E-state index in [0.717, 1.165) is 5.56 Å². The number of amides is 2. The Labute approximate surface area is 135 Å². The van der Waals surface area contributed by atoms with Crippen LogP contribution in [0.1, 0.15) is 29.7 Å². The maximum atomic E-state index is 12.4. The minimum Gasteiger partial charge on any atom is -0.467 e. The second-order valence-electron chi connectivity index (χ2n) is 6.01. The van der Waals surface area contributed by atoms with Gasteiger partial charge in [-0.15, -0.1) is 0 Å². The van der Waals surface area contributed by atoms with Crippen LogP contribution in [-0.2, 0) is 22.7 Å². The average Bonchev–Trinajstić information content (AvgIpc) is 3.21. The van der Waals surface area contributed by atoms with Crippen molar-refractivity contribution in [3.05, 3.63) is 59.5 Å². The van der Waals surface area contributed by atoms with E-state index in [0.29, 0.717) is 31.7 Å². The van der Waals surface area contributed by atoms with Gasteiger partial charge in [0.05, 0.1) is 12.8 Å². The highest BCUT2D eigenvalue weighted by Gasteiger charge is 2.56.